The largest absolute Gasteiger partial charge is 0.375 e. The van der Waals surface area contributed by atoms with Gasteiger partial charge in [-0.25, -0.2) is 0 Å². The zero-order chi connectivity index (χ0) is 10.1. The Balaban J connectivity index is 2.12. The minimum Gasteiger partial charge on any atom is -0.375 e. The molecule has 0 aromatic rings. The highest BCUT2D eigenvalue weighted by Crippen LogP contribution is 2.26. The molecule has 1 aliphatic carbocycles. The van der Waals surface area contributed by atoms with Gasteiger partial charge in [0.2, 0.25) is 0 Å². The SMILES string of the molecule is CC(C)O[C@H]1C[C@@H](NC(C)(C)C)C1. The molecule has 1 aliphatic rings. The fourth-order valence-corrected chi connectivity index (χ4v) is 1.79. The van der Waals surface area contributed by atoms with Gasteiger partial charge in [0.05, 0.1) is 12.2 Å². The van der Waals surface area contributed by atoms with E-state index in [2.05, 4.69) is 39.9 Å². The van der Waals surface area contributed by atoms with Crippen LogP contribution in [0.4, 0.5) is 0 Å². The van der Waals surface area contributed by atoms with Crippen LogP contribution in [0.5, 0.6) is 0 Å². The van der Waals surface area contributed by atoms with E-state index in [1.165, 1.54) is 12.8 Å². The summed E-state index contributed by atoms with van der Waals surface area (Å²) < 4.78 is 5.69. The molecule has 1 rings (SSSR count). The van der Waals surface area contributed by atoms with Gasteiger partial charge in [-0.05, 0) is 47.5 Å². The van der Waals surface area contributed by atoms with Crippen LogP contribution in [0.2, 0.25) is 0 Å². The zero-order valence-electron chi connectivity index (χ0n) is 9.55. The van der Waals surface area contributed by atoms with Crippen LogP contribution in [-0.2, 0) is 4.74 Å². The first-order valence-electron chi connectivity index (χ1n) is 5.30. The van der Waals surface area contributed by atoms with Crippen molar-refractivity contribution in [2.24, 2.45) is 0 Å². The van der Waals surface area contributed by atoms with Crippen molar-refractivity contribution in [1.82, 2.24) is 5.32 Å². The number of nitrogens with one attached hydrogen (secondary N) is 1. The van der Waals surface area contributed by atoms with Gasteiger partial charge in [-0.15, -0.1) is 0 Å². The van der Waals surface area contributed by atoms with Gasteiger partial charge in [0.1, 0.15) is 0 Å². The summed E-state index contributed by atoms with van der Waals surface area (Å²) in [5, 5.41) is 3.58. The van der Waals surface area contributed by atoms with E-state index >= 15 is 0 Å². The van der Waals surface area contributed by atoms with Crippen LogP contribution in [0.15, 0.2) is 0 Å². The summed E-state index contributed by atoms with van der Waals surface area (Å²) in [5.41, 5.74) is 0.244. The van der Waals surface area contributed by atoms with Crippen molar-refractivity contribution in [2.45, 2.75) is 71.2 Å². The van der Waals surface area contributed by atoms with Gasteiger partial charge in [-0.1, -0.05) is 0 Å². The summed E-state index contributed by atoms with van der Waals surface area (Å²) in [6.45, 7) is 10.8. The minimum atomic E-state index is 0.244. The molecule has 0 aliphatic heterocycles. The van der Waals surface area contributed by atoms with Gasteiger partial charge in [0.25, 0.3) is 0 Å². The average molecular weight is 185 g/mol. The van der Waals surface area contributed by atoms with Crippen molar-refractivity contribution in [3.63, 3.8) is 0 Å². The van der Waals surface area contributed by atoms with E-state index in [4.69, 9.17) is 4.74 Å². The quantitative estimate of drug-likeness (QED) is 0.728. The third-order valence-electron chi connectivity index (χ3n) is 2.20. The lowest BCUT2D eigenvalue weighted by Gasteiger charge is -2.40. The van der Waals surface area contributed by atoms with Gasteiger partial charge >= 0.3 is 0 Å². The molecular formula is C11H23NO. The van der Waals surface area contributed by atoms with Gasteiger partial charge in [0, 0.05) is 11.6 Å². The predicted molar refractivity (Wildman–Crippen MR) is 55.9 cm³/mol. The Morgan fingerprint density at radius 3 is 2.15 bits per heavy atom. The van der Waals surface area contributed by atoms with Gasteiger partial charge in [-0.3, -0.25) is 0 Å². The molecule has 1 saturated carbocycles. The normalized spacial score (nSPS) is 29.1. The lowest BCUT2D eigenvalue weighted by molar-refractivity contribution is -0.0533. The molecule has 0 aromatic carbocycles. The Morgan fingerprint density at radius 2 is 1.77 bits per heavy atom. The van der Waals surface area contributed by atoms with E-state index in [-0.39, 0.29) is 5.54 Å². The number of hydrogen-bond donors (Lipinski definition) is 1. The number of rotatable bonds is 3. The Kier molecular flexibility index (Phi) is 3.36. The van der Waals surface area contributed by atoms with E-state index in [9.17, 15) is 0 Å². The molecule has 0 unspecified atom stereocenters. The molecule has 2 heteroatoms. The molecular weight excluding hydrogens is 162 g/mol. The number of ether oxygens (including phenoxy) is 1. The summed E-state index contributed by atoms with van der Waals surface area (Å²) in [4.78, 5) is 0. The summed E-state index contributed by atoms with van der Waals surface area (Å²) in [7, 11) is 0. The summed E-state index contributed by atoms with van der Waals surface area (Å²) in [6, 6.07) is 0.670. The zero-order valence-corrected chi connectivity index (χ0v) is 9.55. The van der Waals surface area contributed by atoms with Crippen LogP contribution in [0.25, 0.3) is 0 Å². The first-order chi connectivity index (χ1) is 5.87. The van der Waals surface area contributed by atoms with E-state index in [0.29, 0.717) is 18.2 Å². The monoisotopic (exact) mass is 185 g/mol. The van der Waals surface area contributed by atoms with Crippen molar-refractivity contribution in [2.75, 3.05) is 0 Å². The van der Waals surface area contributed by atoms with Crippen LogP contribution >= 0.6 is 0 Å². The van der Waals surface area contributed by atoms with Crippen LogP contribution in [0.1, 0.15) is 47.5 Å². The van der Waals surface area contributed by atoms with Crippen molar-refractivity contribution < 1.29 is 4.74 Å². The van der Waals surface area contributed by atoms with Crippen molar-refractivity contribution >= 4 is 0 Å². The van der Waals surface area contributed by atoms with Crippen molar-refractivity contribution in [1.29, 1.82) is 0 Å². The van der Waals surface area contributed by atoms with E-state index < -0.39 is 0 Å². The molecule has 0 bridgehead atoms. The standard InChI is InChI=1S/C11H23NO/c1-8(2)13-10-6-9(7-10)12-11(3,4)5/h8-10,12H,6-7H2,1-5H3/t9-,10+. The van der Waals surface area contributed by atoms with Crippen molar-refractivity contribution in [3.8, 4) is 0 Å². The summed E-state index contributed by atoms with van der Waals surface area (Å²) >= 11 is 0. The topological polar surface area (TPSA) is 21.3 Å². The third kappa shape index (κ3) is 4.10. The number of hydrogen-bond acceptors (Lipinski definition) is 2. The summed E-state index contributed by atoms with van der Waals surface area (Å²) in [5.74, 6) is 0. The van der Waals surface area contributed by atoms with Crippen LogP contribution in [0, 0.1) is 0 Å². The molecule has 2 nitrogen and oxygen atoms in total. The molecule has 0 saturated heterocycles. The third-order valence-corrected chi connectivity index (χ3v) is 2.20. The Morgan fingerprint density at radius 1 is 1.23 bits per heavy atom. The molecule has 0 amide bonds. The second-order valence-electron chi connectivity index (χ2n) is 5.37. The molecule has 1 N–H and O–H groups in total. The lowest BCUT2D eigenvalue weighted by Crippen LogP contribution is -2.52. The van der Waals surface area contributed by atoms with E-state index in [0.717, 1.165) is 0 Å². The maximum Gasteiger partial charge on any atom is 0.0608 e. The van der Waals surface area contributed by atoms with Gasteiger partial charge < -0.3 is 10.1 Å². The first-order valence-corrected chi connectivity index (χ1v) is 5.30. The minimum absolute atomic E-state index is 0.244. The second kappa shape index (κ2) is 3.97. The fraction of sp³-hybridized carbons (Fsp3) is 1.00. The molecule has 78 valence electrons. The van der Waals surface area contributed by atoms with Crippen LogP contribution in [0.3, 0.4) is 0 Å². The second-order valence-corrected chi connectivity index (χ2v) is 5.37. The highest BCUT2D eigenvalue weighted by Gasteiger charge is 2.32. The first kappa shape index (κ1) is 11.0. The van der Waals surface area contributed by atoms with E-state index in [1.54, 1.807) is 0 Å². The van der Waals surface area contributed by atoms with Gasteiger partial charge in [0.15, 0.2) is 0 Å². The Bertz CT molecular complexity index is 154. The molecule has 0 radical (unpaired) electrons. The molecule has 0 spiro atoms. The fourth-order valence-electron chi connectivity index (χ4n) is 1.79. The predicted octanol–water partition coefficient (Wildman–Crippen LogP) is 2.33. The highest BCUT2D eigenvalue weighted by molar-refractivity contribution is 4.90. The molecule has 0 aromatic heterocycles. The average Bonchev–Trinajstić information content (AvgIpc) is 1.78. The Labute approximate surface area is 82.0 Å². The Hall–Kier alpha value is -0.0800. The summed E-state index contributed by atoms with van der Waals surface area (Å²) in [6.07, 6.45) is 3.23. The molecule has 13 heavy (non-hydrogen) atoms. The smallest absolute Gasteiger partial charge is 0.0608 e. The highest BCUT2D eigenvalue weighted by atomic mass is 16.5. The molecule has 1 fully saturated rings. The maximum atomic E-state index is 5.69. The van der Waals surface area contributed by atoms with Gasteiger partial charge in [-0.2, -0.15) is 0 Å². The molecule has 0 atom stereocenters. The lowest BCUT2D eigenvalue weighted by atomic mass is 9.87. The van der Waals surface area contributed by atoms with E-state index in [1.807, 2.05) is 0 Å². The van der Waals surface area contributed by atoms with Crippen LogP contribution < -0.4 is 5.32 Å². The van der Waals surface area contributed by atoms with Crippen molar-refractivity contribution in [3.05, 3.63) is 0 Å². The molecule has 0 heterocycles. The maximum absolute atomic E-state index is 5.69. The van der Waals surface area contributed by atoms with Crippen LogP contribution in [-0.4, -0.2) is 23.8 Å².